The molecule has 2 heterocycles. The molecule has 0 bridgehead atoms. The van der Waals surface area contributed by atoms with E-state index in [4.69, 9.17) is 11.6 Å². The Labute approximate surface area is 197 Å². The summed E-state index contributed by atoms with van der Waals surface area (Å²) in [4.78, 5) is 40.0. The van der Waals surface area contributed by atoms with Gasteiger partial charge in [-0.3, -0.25) is 14.4 Å². The van der Waals surface area contributed by atoms with Gasteiger partial charge in [0.05, 0.1) is 22.4 Å². The summed E-state index contributed by atoms with van der Waals surface area (Å²) in [6, 6.07) is 8.87. The zero-order chi connectivity index (χ0) is 23.1. The summed E-state index contributed by atoms with van der Waals surface area (Å²) < 4.78 is 5.20. The molecule has 172 valence electrons. The normalized spacial score (nSPS) is 14.8. The first-order valence-corrected chi connectivity index (χ1v) is 12.0. The Morgan fingerprint density at radius 1 is 1.16 bits per heavy atom. The summed E-state index contributed by atoms with van der Waals surface area (Å²) >= 11 is 7.11. The molecule has 32 heavy (non-hydrogen) atoms. The molecule has 3 rings (SSSR count). The van der Waals surface area contributed by atoms with E-state index >= 15 is 0 Å². The van der Waals surface area contributed by atoms with E-state index < -0.39 is 6.04 Å². The first-order chi connectivity index (χ1) is 15.4. The Hall–Kier alpha value is -2.22. The highest BCUT2D eigenvalue weighted by molar-refractivity contribution is 7.18. The number of ether oxygens (including phenoxy) is 1. The predicted octanol–water partition coefficient (Wildman–Crippen LogP) is 3.69. The van der Waals surface area contributed by atoms with Gasteiger partial charge in [-0.2, -0.15) is 0 Å². The zero-order valence-corrected chi connectivity index (χ0v) is 20.1. The number of thiophene rings is 1. The number of amides is 1. The smallest absolute Gasteiger partial charge is 0.305 e. The van der Waals surface area contributed by atoms with E-state index in [2.05, 4.69) is 34.1 Å². The maximum absolute atomic E-state index is 13.2. The number of nitrogens with one attached hydrogen (secondary N) is 1. The largest absolute Gasteiger partial charge is 0.469 e. The second kappa shape index (κ2) is 11.6. The highest BCUT2D eigenvalue weighted by Gasteiger charge is 2.23. The van der Waals surface area contributed by atoms with Crippen molar-refractivity contribution in [2.75, 3.05) is 27.2 Å². The van der Waals surface area contributed by atoms with Crippen LogP contribution in [0.25, 0.3) is 0 Å². The fourth-order valence-electron chi connectivity index (χ4n) is 3.86. The quantitative estimate of drug-likeness (QED) is 0.559. The van der Waals surface area contributed by atoms with Crippen molar-refractivity contribution in [2.24, 2.45) is 0 Å². The van der Waals surface area contributed by atoms with Crippen LogP contribution in [0.5, 0.6) is 0 Å². The van der Waals surface area contributed by atoms with Gasteiger partial charge in [-0.25, -0.2) is 0 Å². The molecule has 1 aliphatic rings. The Bertz CT molecular complexity index is 975. The molecular weight excluding hydrogens is 448 g/mol. The molecular formula is C24H29ClN2O4S. The van der Waals surface area contributed by atoms with E-state index in [9.17, 15) is 14.4 Å². The fraction of sp³-hybridized carbons (Fsp3) is 0.458. The molecule has 1 aromatic heterocycles. The van der Waals surface area contributed by atoms with Crippen LogP contribution in [-0.2, 0) is 33.6 Å². The molecule has 0 saturated heterocycles. The van der Waals surface area contributed by atoms with Crippen molar-refractivity contribution < 1.29 is 19.1 Å². The third-order valence-corrected chi connectivity index (χ3v) is 7.00. The first-order valence-electron chi connectivity index (χ1n) is 10.8. The van der Waals surface area contributed by atoms with Crippen molar-refractivity contribution >= 4 is 40.6 Å². The molecule has 1 atom stereocenters. The van der Waals surface area contributed by atoms with E-state index in [1.54, 1.807) is 12.1 Å². The van der Waals surface area contributed by atoms with Crippen LogP contribution in [0.3, 0.4) is 0 Å². The summed E-state index contributed by atoms with van der Waals surface area (Å²) in [6.07, 6.45) is 3.23. The number of rotatable bonds is 9. The Kier molecular flexibility index (Phi) is 8.84. The Morgan fingerprint density at radius 3 is 2.59 bits per heavy atom. The number of fused-ring (bicyclic) bond motifs is 1. The topological polar surface area (TPSA) is 75.7 Å². The number of ketones is 1. The number of Topliss-reactive ketones (excluding diaryl/α,β-unsaturated/α-hetero) is 1. The van der Waals surface area contributed by atoms with E-state index in [1.165, 1.54) is 29.6 Å². The summed E-state index contributed by atoms with van der Waals surface area (Å²) in [6.45, 7) is 2.03. The monoisotopic (exact) mass is 476 g/mol. The number of esters is 1. The average Bonchev–Trinajstić information content (AvgIpc) is 3.13. The predicted molar refractivity (Wildman–Crippen MR) is 127 cm³/mol. The van der Waals surface area contributed by atoms with Gasteiger partial charge in [0.15, 0.2) is 5.78 Å². The third kappa shape index (κ3) is 6.89. The van der Waals surface area contributed by atoms with E-state index in [1.807, 2.05) is 6.07 Å². The maximum atomic E-state index is 13.2. The summed E-state index contributed by atoms with van der Waals surface area (Å²) in [7, 11) is 3.46. The molecule has 0 unspecified atom stereocenters. The van der Waals surface area contributed by atoms with Crippen LogP contribution >= 0.6 is 22.9 Å². The zero-order valence-electron chi connectivity index (χ0n) is 18.5. The Morgan fingerprint density at radius 2 is 1.91 bits per heavy atom. The van der Waals surface area contributed by atoms with Gasteiger partial charge in [0, 0.05) is 25.9 Å². The van der Waals surface area contributed by atoms with E-state index in [0.29, 0.717) is 22.1 Å². The third-order valence-electron chi connectivity index (χ3n) is 5.77. The van der Waals surface area contributed by atoms with Crippen LogP contribution in [0.15, 0.2) is 30.3 Å². The van der Waals surface area contributed by atoms with Gasteiger partial charge in [-0.1, -0.05) is 29.8 Å². The Balaban J connectivity index is 1.69. The van der Waals surface area contributed by atoms with Gasteiger partial charge in [0.25, 0.3) is 5.91 Å². The minimum absolute atomic E-state index is 0.0726. The summed E-state index contributed by atoms with van der Waals surface area (Å²) in [5, 5.41) is 2.84. The fourth-order valence-corrected chi connectivity index (χ4v) is 4.80. The van der Waals surface area contributed by atoms with Gasteiger partial charge in [-0.05, 0) is 61.6 Å². The lowest BCUT2D eigenvalue weighted by Crippen LogP contribution is -2.41. The number of methoxy groups -OCH3 is 1. The van der Waals surface area contributed by atoms with Crippen LogP contribution in [0.1, 0.15) is 45.6 Å². The van der Waals surface area contributed by atoms with Gasteiger partial charge < -0.3 is 15.0 Å². The van der Waals surface area contributed by atoms with Crippen LogP contribution in [0.4, 0.5) is 0 Å². The van der Waals surface area contributed by atoms with Crippen molar-refractivity contribution in [1.29, 1.82) is 0 Å². The molecule has 6 nitrogen and oxygen atoms in total. The standard InChI is InChI=1S/C24H29ClN2O4S/c1-27-12-10-17-7-6-16(14-18(17)11-13-27)15-20(28)19(4-3-5-23(29)31-2)26-24(30)21-8-9-22(25)32-21/h6-9,14,19H,3-5,10-13,15H2,1-2H3,(H,26,30)/t19-/m1/s1. The van der Waals surface area contributed by atoms with Crippen LogP contribution in [-0.4, -0.2) is 55.8 Å². The van der Waals surface area contributed by atoms with Crippen LogP contribution in [0, 0.1) is 0 Å². The lowest BCUT2D eigenvalue weighted by Gasteiger charge is -2.18. The summed E-state index contributed by atoms with van der Waals surface area (Å²) in [5.74, 6) is -0.733. The number of benzene rings is 1. The van der Waals surface area contributed by atoms with Crippen molar-refractivity contribution in [2.45, 2.75) is 44.6 Å². The highest BCUT2D eigenvalue weighted by atomic mass is 35.5. The second-order valence-corrected chi connectivity index (χ2v) is 9.86. The maximum Gasteiger partial charge on any atom is 0.305 e. The van der Waals surface area contributed by atoms with Gasteiger partial charge in [0.1, 0.15) is 0 Å². The molecule has 1 aliphatic heterocycles. The second-order valence-electron chi connectivity index (χ2n) is 8.15. The molecule has 1 amide bonds. The number of carbonyl (C=O) groups excluding carboxylic acids is 3. The van der Waals surface area contributed by atoms with Crippen molar-refractivity contribution in [3.63, 3.8) is 0 Å². The number of nitrogens with zero attached hydrogens (tertiary/aromatic N) is 1. The SMILES string of the molecule is COC(=O)CCC[C@@H](NC(=O)c1ccc(Cl)s1)C(=O)Cc1ccc2c(c1)CCN(C)CC2. The molecule has 0 radical (unpaired) electrons. The molecule has 1 N–H and O–H groups in total. The number of halogens is 1. The molecule has 0 aliphatic carbocycles. The minimum atomic E-state index is -0.682. The lowest BCUT2D eigenvalue weighted by molar-refractivity contribution is -0.140. The first kappa shape index (κ1) is 24.4. The molecule has 0 spiro atoms. The molecule has 8 heteroatoms. The van der Waals surface area contributed by atoms with Crippen LogP contribution in [0.2, 0.25) is 4.34 Å². The van der Waals surface area contributed by atoms with E-state index in [0.717, 1.165) is 31.5 Å². The number of carbonyl (C=O) groups is 3. The molecule has 1 aromatic carbocycles. The van der Waals surface area contributed by atoms with Gasteiger partial charge >= 0.3 is 5.97 Å². The van der Waals surface area contributed by atoms with E-state index in [-0.39, 0.29) is 30.5 Å². The average molecular weight is 477 g/mol. The van der Waals surface area contributed by atoms with Gasteiger partial charge in [0.2, 0.25) is 0 Å². The van der Waals surface area contributed by atoms with Crippen LogP contribution < -0.4 is 5.32 Å². The molecule has 0 saturated carbocycles. The number of hydrogen-bond acceptors (Lipinski definition) is 6. The van der Waals surface area contributed by atoms with Crippen molar-refractivity contribution in [3.8, 4) is 0 Å². The number of likely N-dealkylation sites (N-methyl/N-ethyl adjacent to an activating group) is 1. The summed E-state index contributed by atoms with van der Waals surface area (Å²) in [5.41, 5.74) is 3.58. The lowest BCUT2D eigenvalue weighted by atomic mass is 9.95. The van der Waals surface area contributed by atoms with Crippen molar-refractivity contribution in [3.05, 3.63) is 56.2 Å². The van der Waals surface area contributed by atoms with Gasteiger partial charge in [-0.15, -0.1) is 11.3 Å². The van der Waals surface area contributed by atoms with Crippen molar-refractivity contribution in [1.82, 2.24) is 10.2 Å². The number of hydrogen-bond donors (Lipinski definition) is 1. The molecule has 0 fully saturated rings. The highest BCUT2D eigenvalue weighted by Crippen LogP contribution is 2.22. The minimum Gasteiger partial charge on any atom is -0.469 e. The molecule has 2 aromatic rings.